The molecule has 222 valence electrons. The highest BCUT2D eigenvalue weighted by molar-refractivity contribution is 5.90. The molecular weight excluding hydrogens is 569 g/mol. The molecule has 47 heavy (non-hydrogen) atoms. The minimum Gasteiger partial charge on any atom is -0.256 e. The molecule has 9 rings (SSSR count). The predicted molar refractivity (Wildman–Crippen MR) is 196 cm³/mol. The van der Waals surface area contributed by atoms with Gasteiger partial charge in [-0.1, -0.05) is 111 Å². The van der Waals surface area contributed by atoms with E-state index in [1.807, 2.05) is 12.4 Å². The van der Waals surface area contributed by atoms with E-state index in [9.17, 15) is 0 Å². The second-order valence-corrected chi connectivity index (χ2v) is 13.1. The van der Waals surface area contributed by atoms with Crippen LogP contribution in [0.15, 0.2) is 158 Å². The maximum absolute atomic E-state index is 4.82. The van der Waals surface area contributed by atoms with Gasteiger partial charge in [-0.25, -0.2) is 0 Å². The van der Waals surface area contributed by atoms with Crippen LogP contribution in [0, 0.1) is 0 Å². The summed E-state index contributed by atoms with van der Waals surface area (Å²) in [6.07, 6.45) is 3.86. The van der Waals surface area contributed by atoms with Gasteiger partial charge in [-0.3, -0.25) is 9.97 Å². The number of nitrogens with zero attached hydrogens (tertiary/aromatic N) is 2. The highest BCUT2D eigenvalue weighted by Gasteiger charge is 2.36. The van der Waals surface area contributed by atoms with Crippen LogP contribution < -0.4 is 0 Å². The molecule has 0 amide bonds. The first-order chi connectivity index (χ1) is 23.0. The zero-order valence-electron chi connectivity index (χ0n) is 26.4. The van der Waals surface area contributed by atoms with Crippen molar-refractivity contribution in [2.24, 2.45) is 0 Å². The summed E-state index contributed by atoms with van der Waals surface area (Å²) >= 11 is 0. The SMILES string of the molecule is CC1(C)c2cc(-c3cc(-c4ccc5ccccc5c4)ccn3)ccc2-c2ccc(-c3cc(-c4ccc5ccccc5c4)ccn3)cc21. The summed E-state index contributed by atoms with van der Waals surface area (Å²) in [7, 11) is 0. The molecule has 2 aromatic heterocycles. The zero-order chi connectivity index (χ0) is 31.5. The van der Waals surface area contributed by atoms with Crippen LogP contribution in [0.3, 0.4) is 0 Å². The fourth-order valence-electron chi connectivity index (χ4n) is 7.33. The van der Waals surface area contributed by atoms with Crippen molar-refractivity contribution in [3.63, 3.8) is 0 Å². The lowest BCUT2D eigenvalue weighted by atomic mass is 9.81. The van der Waals surface area contributed by atoms with E-state index in [1.165, 1.54) is 66.1 Å². The van der Waals surface area contributed by atoms with Gasteiger partial charge in [-0.2, -0.15) is 0 Å². The third-order valence-electron chi connectivity index (χ3n) is 9.95. The molecule has 6 aromatic carbocycles. The minimum atomic E-state index is -0.164. The van der Waals surface area contributed by atoms with Gasteiger partial charge in [-0.15, -0.1) is 0 Å². The Morgan fingerprint density at radius 1 is 0.362 bits per heavy atom. The predicted octanol–water partition coefficient (Wildman–Crippen LogP) is 11.8. The Morgan fingerprint density at radius 2 is 0.766 bits per heavy atom. The first-order valence-corrected chi connectivity index (χ1v) is 16.2. The molecular formula is C45H32N2. The van der Waals surface area contributed by atoms with E-state index < -0.39 is 0 Å². The number of rotatable bonds is 4. The normalized spacial score (nSPS) is 13.1. The van der Waals surface area contributed by atoms with Crippen LogP contribution in [-0.4, -0.2) is 9.97 Å². The van der Waals surface area contributed by atoms with Gasteiger partial charge in [0.25, 0.3) is 0 Å². The number of fused-ring (bicyclic) bond motifs is 5. The molecule has 0 radical (unpaired) electrons. The van der Waals surface area contributed by atoms with Crippen LogP contribution in [-0.2, 0) is 5.41 Å². The van der Waals surface area contributed by atoms with Gasteiger partial charge >= 0.3 is 0 Å². The smallest absolute Gasteiger partial charge is 0.0708 e. The van der Waals surface area contributed by atoms with Crippen LogP contribution in [0.5, 0.6) is 0 Å². The van der Waals surface area contributed by atoms with Crippen molar-refractivity contribution in [2.45, 2.75) is 19.3 Å². The van der Waals surface area contributed by atoms with E-state index >= 15 is 0 Å². The Hall–Kier alpha value is -5.86. The monoisotopic (exact) mass is 600 g/mol. The van der Waals surface area contributed by atoms with Crippen LogP contribution in [0.25, 0.3) is 77.4 Å². The van der Waals surface area contributed by atoms with Crippen LogP contribution in [0.2, 0.25) is 0 Å². The Labute approximate surface area is 275 Å². The van der Waals surface area contributed by atoms with E-state index in [2.05, 4.69) is 159 Å². The fraction of sp³-hybridized carbons (Fsp3) is 0.0667. The molecule has 0 aliphatic heterocycles. The molecule has 8 aromatic rings. The molecule has 1 aliphatic carbocycles. The topological polar surface area (TPSA) is 25.8 Å². The standard InChI is InChI=1S/C45H32N2/c1-45(2)41-25-37(43-27-35(19-21-46-43)33-13-11-29-7-3-5-9-31(29)23-33)15-17-39(41)40-18-16-38(26-42(40)45)44-28-36(20-22-47-44)34-14-12-30-8-4-6-10-32(30)24-34/h3-28H,1-2H3. The number of benzene rings is 6. The first-order valence-electron chi connectivity index (χ1n) is 16.2. The van der Waals surface area contributed by atoms with Crippen LogP contribution in [0.4, 0.5) is 0 Å². The number of aromatic nitrogens is 2. The average Bonchev–Trinajstić information content (AvgIpc) is 3.36. The van der Waals surface area contributed by atoms with Crippen LogP contribution in [0.1, 0.15) is 25.0 Å². The molecule has 1 aliphatic rings. The largest absolute Gasteiger partial charge is 0.256 e. The number of hydrogen-bond acceptors (Lipinski definition) is 2. The molecule has 0 spiro atoms. The van der Waals surface area contributed by atoms with E-state index in [1.54, 1.807) is 0 Å². The third-order valence-corrected chi connectivity index (χ3v) is 9.95. The minimum absolute atomic E-state index is 0.164. The summed E-state index contributed by atoms with van der Waals surface area (Å²) in [6, 6.07) is 52.7. The van der Waals surface area contributed by atoms with Crippen molar-refractivity contribution in [1.82, 2.24) is 9.97 Å². The summed E-state index contributed by atoms with van der Waals surface area (Å²) in [5.41, 5.74) is 14.1. The Morgan fingerprint density at radius 3 is 1.23 bits per heavy atom. The van der Waals surface area contributed by atoms with E-state index in [4.69, 9.17) is 9.97 Å². The quantitative estimate of drug-likeness (QED) is 0.201. The molecule has 0 N–H and O–H groups in total. The summed E-state index contributed by atoms with van der Waals surface area (Å²) < 4.78 is 0. The van der Waals surface area contributed by atoms with Crippen molar-refractivity contribution in [3.8, 4) is 55.9 Å². The Bertz CT molecular complexity index is 2330. The highest BCUT2D eigenvalue weighted by atomic mass is 14.7. The van der Waals surface area contributed by atoms with Gasteiger partial charge < -0.3 is 0 Å². The second-order valence-electron chi connectivity index (χ2n) is 13.1. The molecule has 0 saturated carbocycles. The third kappa shape index (κ3) is 4.64. The maximum Gasteiger partial charge on any atom is 0.0708 e. The molecule has 0 atom stereocenters. The van der Waals surface area contributed by atoms with Crippen molar-refractivity contribution in [3.05, 3.63) is 169 Å². The summed E-state index contributed by atoms with van der Waals surface area (Å²) in [6.45, 7) is 4.67. The fourth-order valence-corrected chi connectivity index (χ4v) is 7.33. The van der Waals surface area contributed by atoms with Crippen molar-refractivity contribution >= 4 is 21.5 Å². The van der Waals surface area contributed by atoms with Crippen molar-refractivity contribution in [1.29, 1.82) is 0 Å². The number of hydrogen-bond donors (Lipinski definition) is 0. The average molecular weight is 601 g/mol. The first kappa shape index (κ1) is 27.5. The van der Waals surface area contributed by atoms with Gasteiger partial charge in [0.1, 0.15) is 0 Å². The Balaban J connectivity index is 1.05. The zero-order valence-corrected chi connectivity index (χ0v) is 26.4. The maximum atomic E-state index is 4.82. The van der Waals surface area contributed by atoms with Gasteiger partial charge in [0.2, 0.25) is 0 Å². The number of pyridine rings is 2. The highest BCUT2D eigenvalue weighted by Crippen LogP contribution is 2.50. The van der Waals surface area contributed by atoms with Gasteiger partial charge in [-0.05, 0) is 115 Å². The summed E-state index contributed by atoms with van der Waals surface area (Å²) in [4.78, 5) is 9.63. The van der Waals surface area contributed by atoms with Gasteiger partial charge in [0.05, 0.1) is 11.4 Å². The van der Waals surface area contributed by atoms with Gasteiger partial charge in [0.15, 0.2) is 0 Å². The molecule has 0 fully saturated rings. The van der Waals surface area contributed by atoms with E-state index in [-0.39, 0.29) is 5.41 Å². The van der Waals surface area contributed by atoms with Crippen molar-refractivity contribution in [2.75, 3.05) is 0 Å². The van der Waals surface area contributed by atoms with E-state index in [0.717, 1.165) is 22.5 Å². The van der Waals surface area contributed by atoms with Gasteiger partial charge in [0, 0.05) is 28.9 Å². The molecule has 0 bridgehead atoms. The van der Waals surface area contributed by atoms with Crippen LogP contribution >= 0.6 is 0 Å². The molecule has 2 heterocycles. The molecule has 0 unspecified atom stereocenters. The summed E-state index contributed by atoms with van der Waals surface area (Å²) in [5, 5.41) is 5.00. The second kappa shape index (κ2) is 10.6. The molecule has 2 nitrogen and oxygen atoms in total. The van der Waals surface area contributed by atoms with E-state index in [0.29, 0.717) is 0 Å². The summed E-state index contributed by atoms with van der Waals surface area (Å²) in [5.74, 6) is 0. The lowest BCUT2D eigenvalue weighted by Gasteiger charge is -2.22. The lowest BCUT2D eigenvalue weighted by molar-refractivity contribution is 0.661. The molecule has 0 saturated heterocycles. The van der Waals surface area contributed by atoms with Crippen molar-refractivity contribution < 1.29 is 0 Å². The lowest BCUT2D eigenvalue weighted by Crippen LogP contribution is -2.15. The molecule has 2 heteroatoms. The Kier molecular flexibility index (Phi) is 6.20.